The van der Waals surface area contributed by atoms with Crippen LogP contribution in [0.1, 0.15) is 23.6 Å². The highest BCUT2D eigenvalue weighted by atomic mass is 32.2. The monoisotopic (exact) mass is 337 g/mol. The van der Waals surface area contributed by atoms with Gasteiger partial charge in [0.2, 0.25) is 5.91 Å². The molecule has 0 spiro atoms. The molecular formula is C15H19N3O2S2. The van der Waals surface area contributed by atoms with Crippen LogP contribution in [0.25, 0.3) is 0 Å². The normalized spacial score (nSPS) is 22.0. The summed E-state index contributed by atoms with van der Waals surface area (Å²) in [5.41, 5.74) is 2.18. The predicted molar refractivity (Wildman–Crippen MR) is 88.2 cm³/mol. The third kappa shape index (κ3) is 3.47. The highest BCUT2D eigenvalue weighted by Gasteiger charge is 2.31. The van der Waals surface area contributed by atoms with Crippen molar-refractivity contribution >= 4 is 28.0 Å². The summed E-state index contributed by atoms with van der Waals surface area (Å²) >= 11 is 1.65. The molecule has 1 amide bonds. The molecule has 0 bridgehead atoms. The lowest BCUT2D eigenvalue weighted by Gasteiger charge is -2.35. The summed E-state index contributed by atoms with van der Waals surface area (Å²) < 4.78 is 13.6. The van der Waals surface area contributed by atoms with Crippen LogP contribution in [0, 0.1) is 0 Å². The van der Waals surface area contributed by atoms with Crippen molar-refractivity contribution in [1.82, 2.24) is 14.7 Å². The number of hydrogen-bond donors (Lipinski definition) is 0. The Morgan fingerprint density at radius 2 is 2.41 bits per heavy atom. The van der Waals surface area contributed by atoms with E-state index in [2.05, 4.69) is 16.5 Å². The summed E-state index contributed by atoms with van der Waals surface area (Å²) in [6, 6.07) is 1.94. The molecule has 0 radical (unpaired) electrons. The van der Waals surface area contributed by atoms with Gasteiger partial charge >= 0.3 is 0 Å². The topological polar surface area (TPSA) is 55.2 Å². The van der Waals surface area contributed by atoms with Crippen LogP contribution in [0.15, 0.2) is 29.2 Å². The second-order valence-electron chi connectivity index (χ2n) is 5.49. The molecular weight excluding hydrogens is 318 g/mol. The molecule has 1 aliphatic rings. The van der Waals surface area contributed by atoms with E-state index in [0.717, 1.165) is 12.0 Å². The molecule has 0 aliphatic carbocycles. The highest BCUT2D eigenvalue weighted by Crippen LogP contribution is 2.26. The minimum absolute atomic E-state index is 0.113. The van der Waals surface area contributed by atoms with Gasteiger partial charge < -0.3 is 4.90 Å². The van der Waals surface area contributed by atoms with Crippen LogP contribution in [0.3, 0.4) is 0 Å². The van der Waals surface area contributed by atoms with Crippen LogP contribution in [0.4, 0.5) is 0 Å². The molecule has 2 aromatic heterocycles. The molecule has 2 atom stereocenters. The molecule has 1 aliphatic heterocycles. The fourth-order valence-electron chi connectivity index (χ4n) is 2.72. The van der Waals surface area contributed by atoms with Gasteiger partial charge in [0.05, 0.1) is 12.2 Å². The third-order valence-electron chi connectivity index (χ3n) is 3.92. The van der Waals surface area contributed by atoms with E-state index in [0.29, 0.717) is 24.5 Å². The Hall–Kier alpha value is -1.47. The number of amides is 1. The lowest BCUT2D eigenvalue weighted by molar-refractivity contribution is -0.133. The maximum absolute atomic E-state index is 12.6. The number of carbonyl (C=O) groups is 1. The van der Waals surface area contributed by atoms with Crippen LogP contribution >= 0.6 is 11.3 Å². The third-order valence-corrected chi connectivity index (χ3v) is 5.97. The van der Waals surface area contributed by atoms with Crippen molar-refractivity contribution in [2.24, 2.45) is 7.05 Å². The molecule has 3 heterocycles. The quantitative estimate of drug-likeness (QED) is 0.854. The summed E-state index contributed by atoms with van der Waals surface area (Å²) in [7, 11) is 0.992. The first-order valence-electron chi connectivity index (χ1n) is 7.27. The maximum atomic E-state index is 12.6. The summed E-state index contributed by atoms with van der Waals surface area (Å²) in [6.45, 7) is 0.564. The van der Waals surface area contributed by atoms with Gasteiger partial charge in [-0.25, -0.2) is 0 Å². The van der Waals surface area contributed by atoms with Crippen LogP contribution in [0.5, 0.6) is 0 Å². The first-order valence-corrected chi connectivity index (χ1v) is 9.70. The molecule has 1 fully saturated rings. The largest absolute Gasteiger partial charge is 0.334 e. The number of rotatable bonds is 4. The van der Waals surface area contributed by atoms with Gasteiger partial charge in [-0.15, -0.1) is 0 Å². The van der Waals surface area contributed by atoms with Crippen LogP contribution in [-0.4, -0.2) is 42.8 Å². The fraction of sp³-hybridized carbons (Fsp3) is 0.467. The van der Waals surface area contributed by atoms with E-state index in [4.69, 9.17) is 0 Å². The standard InChI is InChI=1S/C15H19N3O2S2/c1-17-9-13(8-16-17)14-11-22(20)7-5-18(14)15(19)3-2-12-4-6-21-10-12/h4,6,8-10,14H,2-3,5,7,11H2,1H3/t14-,22-/m0/s1. The van der Waals surface area contributed by atoms with Gasteiger partial charge in [-0.05, 0) is 28.8 Å². The van der Waals surface area contributed by atoms with Crippen molar-refractivity contribution in [1.29, 1.82) is 0 Å². The van der Waals surface area contributed by atoms with E-state index >= 15 is 0 Å². The minimum Gasteiger partial charge on any atom is -0.334 e. The molecule has 0 saturated carbocycles. The molecule has 0 N–H and O–H groups in total. The molecule has 7 heteroatoms. The number of thiophene rings is 1. The van der Waals surface area contributed by atoms with E-state index in [1.807, 2.05) is 23.5 Å². The number of hydrogen-bond acceptors (Lipinski definition) is 4. The average molecular weight is 337 g/mol. The first-order chi connectivity index (χ1) is 10.6. The van der Waals surface area contributed by atoms with Gasteiger partial charge in [0.25, 0.3) is 0 Å². The van der Waals surface area contributed by atoms with E-state index < -0.39 is 10.8 Å². The molecule has 1 saturated heterocycles. The Labute approximate surface area is 136 Å². The van der Waals surface area contributed by atoms with Gasteiger partial charge in [0.1, 0.15) is 0 Å². The first kappa shape index (κ1) is 15.4. The Bertz CT molecular complexity index is 666. The van der Waals surface area contributed by atoms with E-state index in [9.17, 15) is 9.00 Å². The Kier molecular flexibility index (Phi) is 4.73. The summed E-state index contributed by atoms with van der Waals surface area (Å²) in [5.74, 6) is 1.22. The van der Waals surface area contributed by atoms with Crippen molar-refractivity contribution < 1.29 is 9.00 Å². The summed E-state index contributed by atoms with van der Waals surface area (Å²) in [6.07, 6.45) is 4.94. The number of aromatic nitrogens is 2. The molecule has 0 aromatic carbocycles. The van der Waals surface area contributed by atoms with Crippen molar-refractivity contribution in [2.45, 2.75) is 18.9 Å². The number of carbonyl (C=O) groups excluding carboxylic acids is 1. The molecule has 22 heavy (non-hydrogen) atoms. The smallest absolute Gasteiger partial charge is 0.223 e. The van der Waals surface area contributed by atoms with Crippen molar-refractivity contribution in [3.8, 4) is 0 Å². The van der Waals surface area contributed by atoms with Gasteiger partial charge in [0, 0.05) is 54.1 Å². The van der Waals surface area contributed by atoms with E-state index in [1.165, 1.54) is 5.56 Å². The van der Waals surface area contributed by atoms with Gasteiger partial charge in [-0.3, -0.25) is 13.7 Å². The van der Waals surface area contributed by atoms with Gasteiger partial charge in [-0.2, -0.15) is 16.4 Å². The zero-order chi connectivity index (χ0) is 15.5. The summed E-state index contributed by atoms with van der Waals surface area (Å²) in [4.78, 5) is 14.5. The lowest BCUT2D eigenvalue weighted by atomic mass is 10.1. The molecule has 118 valence electrons. The molecule has 5 nitrogen and oxygen atoms in total. The molecule has 3 rings (SSSR count). The van der Waals surface area contributed by atoms with Gasteiger partial charge in [-0.1, -0.05) is 0 Å². The summed E-state index contributed by atoms with van der Waals surface area (Å²) in [5, 5.41) is 8.29. The predicted octanol–water partition coefficient (Wildman–Crippen LogP) is 1.75. The Morgan fingerprint density at radius 3 is 3.09 bits per heavy atom. The molecule has 2 aromatic rings. The molecule has 0 unspecified atom stereocenters. The van der Waals surface area contributed by atoms with Crippen molar-refractivity contribution in [2.75, 3.05) is 18.1 Å². The van der Waals surface area contributed by atoms with Crippen molar-refractivity contribution in [3.05, 3.63) is 40.3 Å². The zero-order valence-electron chi connectivity index (χ0n) is 12.5. The fourth-order valence-corrected chi connectivity index (χ4v) is 4.72. The van der Waals surface area contributed by atoms with Crippen LogP contribution in [0.2, 0.25) is 0 Å². The SMILES string of the molecule is Cn1cc([C@@H]2C[S@@](=O)CCN2C(=O)CCc2ccsc2)cn1. The minimum atomic E-state index is -0.861. The van der Waals surface area contributed by atoms with E-state index in [-0.39, 0.29) is 11.9 Å². The second-order valence-corrected chi connectivity index (χ2v) is 7.89. The lowest BCUT2D eigenvalue weighted by Crippen LogP contribution is -2.44. The van der Waals surface area contributed by atoms with Crippen LogP contribution in [-0.2, 0) is 29.1 Å². The van der Waals surface area contributed by atoms with Crippen molar-refractivity contribution in [3.63, 3.8) is 0 Å². The zero-order valence-corrected chi connectivity index (χ0v) is 14.1. The second kappa shape index (κ2) is 6.75. The van der Waals surface area contributed by atoms with E-state index in [1.54, 1.807) is 22.2 Å². The van der Waals surface area contributed by atoms with Gasteiger partial charge in [0.15, 0.2) is 0 Å². The number of aryl methyl sites for hydroxylation is 2. The maximum Gasteiger partial charge on any atom is 0.223 e. The van der Waals surface area contributed by atoms with Crippen LogP contribution < -0.4 is 0 Å². The Morgan fingerprint density at radius 1 is 1.55 bits per heavy atom. The average Bonchev–Trinajstić information content (AvgIpc) is 3.16. The number of nitrogens with zero attached hydrogens (tertiary/aromatic N) is 3. The highest BCUT2D eigenvalue weighted by molar-refractivity contribution is 7.85. The Balaban J connectivity index is 1.71.